The molecule has 0 bridgehead atoms. The van der Waals surface area contributed by atoms with Crippen molar-refractivity contribution < 1.29 is 19.0 Å². The molecule has 0 spiro atoms. The van der Waals surface area contributed by atoms with Crippen molar-refractivity contribution >= 4 is 11.6 Å². The molecule has 5 nitrogen and oxygen atoms in total. The summed E-state index contributed by atoms with van der Waals surface area (Å²) in [5, 5.41) is 2.81. The first-order valence-electron chi connectivity index (χ1n) is 8.46. The molecule has 1 heterocycles. The highest BCUT2D eigenvalue weighted by Crippen LogP contribution is 2.32. The van der Waals surface area contributed by atoms with Crippen LogP contribution in [0.3, 0.4) is 0 Å². The molecule has 0 radical (unpaired) electrons. The summed E-state index contributed by atoms with van der Waals surface area (Å²) in [6.45, 7) is 7.38. The minimum Gasteiger partial charge on any atom is -0.486 e. The van der Waals surface area contributed by atoms with Gasteiger partial charge < -0.3 is 19.5 Å². The zero-order valence-electron chi connectivity index (χ0n) is 14.8. The minimum atomic E-state index is -0.220. The number of hydrogen-bond acceptors (Lipinski definition) is 4. The number of rotatable bonds is 5. The fraction of sp³-hybridized carbons (Fsp3) is 0.350. The summed E-state index contributed by atoms with van der Waals surface area (Å²) in [4.78, 5) is 12.1. The molecule has 2 aromatic rings. The van der Waals surface area contributed by atoms with Crippen LogP contribution >= 0.6 is 0 Å². The molecule has 1 aliphatic rings. The monoisotopic (exact) mass is 341 g/mol. The Morgan fingerprint density at radius 1 is 1.12 bits per heavy atom. The normalized spacial score (nSPS) is 12.8. The van der Waals surface area contributed by atoms with E-state index in [4.69, 9.17) is 14.2 Å². The lowest BCUT2D eigenvalue weighted by Crippen LogP contribution is -2.21. The van der Waals surface area contributed by atoms with Gasteiger partial charge in [-0.05, 0) is 48.2 Å². The van der Waals surface area contributed by atoms with E-state index in [0.717, 1.165) is 0 Å². The summed E-state index contributed by atoms with van der Waals surface area (Å²) in [5.41, 5.74) is 3.11. The van der Waals surface area contributed by atoms with Crippen LogP contribution in [-0.2, 0) is 4.79 Å². The van der Waals surface area contributed by atoms with Gasteiger partial charge in [0.1, 0.15) is 19.0 Å². The summed E-state index contributed by atoms with van der Waals surface area (Å²) in [5.74, 6) is 2.28. The van der Waals surface area contributed by atoms with Gasteiger partial charge in [0, 0.05) is 11.8 Å². The number of aryl methyl sites for hydroxylation is 1. The molecule has 0 fully saturated rings. The third kappa shape index (κ3) is 4.24. The van der Waals surface area contributed by atoms with Crippen LogP contribution in [0.2, 0.25) is 0 Å². The average molecular weight is 341 g/mol. The number of amides is 1. The van der Waals surface area contributed by atoms with Gasteiger partial charge >= 0.3 is 0 Å². The maximum absolute atomic E-state index is 12.1. The Morgan fingerprint density at radius 3 is 2.60 bits per heavy atom. The molecule has 0 saturated carbocycles. The van der Waals surface area contributed by atoms with Crippen LogP contribution < -0.4 is 19.5 Å². The van der Waals surface area contributed by atoms with Crippen LogP contribution in [0, 0.1) is 6.92 Å². The summed E-state index contributed by atoms with van der Waals surface area (Å²) < 4.78 is 16.6. The largest absolute Gasteiger partial charge is 0.486 e. The van der Waals surface area contributed by atoms with Gasteiger partial charge in [0.05, 0.1) is 0 Å². The summed E-state index contributed by atoms with van der Waals surface area (Å²) >= 11 is 0. The second kappa shape index (κ2) is 7.47. The standard InChI is InChI=1S/C20H23NO4/c1-13(2)17-6-5-16(10-14(17)3)25-12-20(22)21-15-4-7-18-19(11-15)24-9-8-23-18/h4-7,10-11,13H,8-9,12H2,1-3H3,(H,21,22). The van der Waals surface area contributed by atoms with E-state index in [-0.39, 0.29) is 12.5 Å². The Morgan fingerprint density at radius 2 is 1.88 bits per heavy atom. The molecule has 0 saturated heterocycles. The van der Waals surface area contributed by atoms with E-state index < -0.39 is 0 Å². The lowest BCUT2D eigenvalue weighted by molar-refractivity contribution is -0.118. The Hall–Kier alpha value is -2.69. The first-order chi connectivity index (χ1) is 12.0. The van der Waals surface area contributed by atoms with Crippen LogP contribution in [0.5, 0.6) is 17.2 Å². The highest BCUT2D eigenvalue weighted by Gasteiger charge is 2.13. The molecule has 1 aliphatic heterocycles. The third-order valence-electron chi connectivity index (χ3n) is 4.06. The molecule has 1 amide bonds. The quantitative estimate of drug-likeness (QED) is 0.896. The van der Waals surface area contributed by atoms with Crippen molar-refractivity contribution in [2.75, 3.05) is 25.1 Å². The van der Waals surface area contributed by atoms with Crippen molar-refractivity contribution in [3.8, 4) is 17.2 Å². The van der Waals surface area contributed by atoms with Crippen molar-refractivity contribution in [2.24, 2.45) is 0 Å². The van der Waals surface area contributed by atoms with E-state index in [1.54, 1.807) is 18.2 Å². The highest BCUT2D eigenvalue weighted by molar-refractivity contribution is 5.92. The van der Waals surface area contributed by atoms with Crippen LogP contribution in [0.25, 0.3) is 0 Å². The van der Waals surface area contributed by atoms with Gasteiger partial charge in [0.15, 0.2) is 18.1 Å². The molecule has 0 aromatic heterocycles. The van der Waals surface area contributed by atoms with E-state index >= 15 is 0 Å². The summed E-state index contributed by atoms with van der Waals surface area (Å²) in [7, 11) is 0. The SMILES string of the molecule is Cc1cc(OCC(=O)Nc2ccc3c(c2)OCCO3)ccc1C(C)C. The first-order valence-corrected chi connectivity index (χ1v) is 8.46. The summed E-state index contributed by atoms with van der Waals surface area (Å²) in [6.07, 6.45) is 0. The van der Waals surface area contributed by atoms with Gasteiger partial charge in [-0.1, -0.05) is 19.9 Å². The topological polar surface area (TPSA) is 56.8 Å². The first kappa shape index (κ1) is 17.1. The van der Waals surface area contributed by atoms with Gasteiger partial charge in [-0.15, -0.1) is 0 Å². The molecule has 25 heavy (non-hydrogen) atoms. The lowest BCUT2D eigenvalue weighted by atomic mass is 9.98. The van der Waals surface area contributed by atoms with E-state index in [1.807, 2.05) is 18.2 Å². The Bertz CT molecular complexity index is 770. The fourth-order valence-electron chi connectivity index (χ4n) is 2.85. The molecule has 2 aromatic carbocycles. The molecule has 1 N–H and O–H groups in total. The van der Waals surface area contributed by atoms with E-state index in [9.17, 15) is 4.79 Å². The molecule has 0 atom stereocenters. The van der Waals surface area contributed by atoms with Crippen LogP contribution in [0.1, 0.15) is 30.9 Å². The number of ether oxygens (including phenoxy) is 3. The van der Waals surface area contributed by atoms with Gasteiger partial charge in [0.2, 0.25) is 0 Å². The zero-order valence-corrected chi connectivity index (χ0v) is 14.8. The highest BCUT2D eigenvalue weighted by atomic mass is 16.6. The molecule has 132 valence electrons. The number of carbonyl (C=O) groups is 1. The van der Waals surface area contributed by atoms with E-state index in [2.05, 4.69) is 26.1 Å². The second-order valence-corrected chi connectivity index (χ2v) is 6.37. The van der Waals surface area contributed by atoms with Crippen LogP contribution in [-0.4, -0.2) is 25.7 Å². The lowest BCUT2D eigenvalue weighted by Gasteiger charge is -2.19. The summed E-state index contributed by atoms with van der Waals surface area (Å²) in [6, 6.07) is 11.3. The molecule has 5 heteroatoms. The molecular weight excluding hydrogens is 318 g/mol. The predicted octanol–water partition coefficient (Wildman–Crippen LogP) is 3.91. The smallest absolute Gasteiger partial charge is 0.262 e. The van der Waals surface area contributed by atoms with Crippen LogP contribution in [0.15, 0.2) is 36.4 Å². The molecule has 0 aliphatic carbocycles. The predicted molar refractivity (Wildman–Crippen MR) is 96.8 cm³/mol. The van der Waals surface area contributed by atoms with Gasteiger partial charge in [-0.2, -0.15) is 0 Å². The molecular formula is C20H23NO4. The average Bonchev–Trinajstić information content (AvgIpc) is 2.59. The number of fused-ring (bicyclic) bond motifs is 1. The Balaban J connectivity index is 1.57. The number of benzene rings is 2. The van der Waals surface area contributed by atoms with Gasteiger partial charge in [0.25, 0.3) is 5.91 Å². The van der Waals surface area contributed by atoms with Crippen molar-refractivity contribution in [2.45, 2.75) is 26.7 Å². The fourth-order valence-corrected chi connectivity index (χ4v) is 2.85. The van der Waals surface area contributed by atoms with Crippen molar-refractivity contribution in [1.82, 2.24) is 0 Å². The number of hydrogen-bond donors (Lipinski definition) is 1. The number of anilines is 1. The Kier molecular flexibility index (Phi) is 5.12. The molecule has 0 unspecified atom stereocenters. The van der Waals surface area contributed by atoms with E-state index in [0.29, 0.717) is 42.1 Å². The second-order valence-electron chi connectivity index (χ2n) is 6.37. The van der Waals surface area contributed by atoms with E-state index in [1.165, 1.54) is 11.1 Å². The van der Waals surface area contributed by atoms with Gasteiger partial charge in [-0.25, -0.2) is 0 Å². The maximum Gasteiger partial charge on any atom is 0.262 e. The third-order valence-corrected chi connectivity index (χ3v) is 4.06. The number of nitrogens with one attached hydrogen (secondary N) is 1. The van der Waals surface area contributed by atoms with Crippen molar-refractivity contribution in [3.63, 3.8) is 0 Å². The molecule has 3 rings (SSSR count). The zero-order chi connectivity index (χ0) is 17.8. The van der Waals surface area contributed by atoms with Crippen LogP contribution in [0.4, 0.5) is 5.69 Å². The maximum atomic E-state index is 12.1. The minimum absolute atomic E-state index is 0.0467. The number of carbonyl (C=O) groups excluding carboxylic acids is 1. The Labute approximate surface area is 147 Å². The van der Waals surface area contributed by atoms with Crippen molar-refractivity contribution in [1.29, 1.82) is 0 Å². The van der Waals surface area contributed by atoms with Gasteiger partial charge in [-0.3, -0.25) is 4.79 Å². The van der Waals surface area contributed by atoms with Crippen molar-refractivity contribution in [3.05, 3.63) is 47.5 Å².